The molecule has 1 aliphatic heterocycles. The Kier molecular flexibility index (Phi) is 4.02. The van der Waals surface area contributed by atoms with E-state index in [1.165, 1.54) is 0 Å². The van der Waals surface area contributed by atoms with Crippen LogP contribution < -0.4 is 0 Å². The Labute approximate surface area is 106 Å². The fourth-order valence-corrected chi connectivity index (χ4v) is 2.34. The molecule has 0 aliphatic carbocycles. The molecular weight excluding hydrogens is 238 g/mol. The number of rotatable bonds is 2. The third-order valence-corrected chi connectivity index (χ3v) is 3.44. The molecule has 1 aromatic rings. The number of piperidine rings is 1. The first-order chi connectivity index (χ1) is 8.22. The molecule has 1 aromatic carbocycles. The minimum Gasteiger partial charge on any atom is -0.394 e. The summed E-state index contributed by atoms with van der Waals surface area (Å²) in [5, 5.41) is 9.91. The maximum atomic E-state index is 12.3. The fraction of sp³-hybridized carbons (Fsp3) is 0.462. The normalized spacial score (nSPS) is 20.4. The highest BCUT2D eigenvalue weighted by Gasteiger charge is 2.26. The number of nitrogens with zero attached hydrogens (tertiary/aromatic N) is 1. The van der Waals surface area contributed by atoms with Gasteiger partial charge in [-0.3, -0.25) is 4.79 Å². The van der Waals surface area contributed by atoms with Gasteiger partial charge in [-0.2, -0.15) is 0 Å². The Morgan fingerprint density at radius 3 is 2.71 bits per heavy atom. The third kappa shape index (κ3) is 2.79. The number of aliphatic hydroxyl groups is 1. The minimum absolute atomic E-state index is 0.0135. The second-order valence-corrected chi connectivity index (χ2v) is 4.77. The van der Waals surface area contributed by atoms with Crippen molar-refractivity contribution in [1.29, 1.82) is 0 Å². The summed E-state index contributed by atoms with van der Waals surface area (Å²) in [6, 6.07) is 6.85. The highest BCUT2D eigenvalue weighted by molar-refractivity contribution is 6.30. The van der Waals surface area contributed by atoms with Gasteiger partial charge in [-0.1, -0.05) is 11.6 Å². The van der Waals surface area contributed by atoms with Crippen LogP contribution in [0.2, 0.25) is 5.02 Å². The van der Waals surface area contributed by atoms with Crippen LogP contribution in [0.5, 0.6) is 0 Å². The molecule has 1 N–H and O–H groups in total. The smallest absolute Gasteiger partial charge is 0.254 e. The lowest BCUT2D eigenvalue weighted by atomic mass is 10.0. The topological polar surface area (TPSA) is 40.5 Å². The van der Waals surface area contributed by atoms with E-state index in [1.54, 1.807) is 29.2 Å². The molecule has 2 rings (SSSR count). The molecule has 1 atom stereocenters. The molecular formula is C13H16ClNO2. The molecule has 0 unspecified atom stereocenters. The maximum Gasteiger partial charge on any atom is 0.254 e. The number of carbonyl (C=O) groups excluding carboxylic acids is 1. The van der Waals surface area contributed by atoms with Gasteiger partial charge in [0.25, 0.3) is 5.91 Å². The molecule has 1 heterocycles. The van der Waals surface area contributed by atoms with Crippen LogP contribution in [0, 0.1) is 0 Å². The van der Waals surface area contributed by atoms with Crippen molar-refractivity contribution in [3.8, 4) is 0 Å². The number of likely N-dealkylation sites (tertiary alicyclic amines) is 1. The Morgan fingerprint density at radius 1 is 1.35 bits per heavy atom. The van der Waals surface area contributed by atoms with Gasteiger partial charge in [0.1, 0.15) is 0 Å². The molecule has 3 nitrogen and oxygen atoms in total. The molecule has 0 saturated carbocycles. The SMILES string of the molecule is O=C(c1ccc(Cl)cc1)N1CCCC[C@@H]1CO. The summed E-state index contributed by atoms with van der Waals surface area (Å²) >= 11 is 5.79. The summed E-state index contributed by atoms with van der Waals surface area (Å²) in [7, 11) is 0. The molecule has 1 saturated heterocycles. The Hall–Kier alpha value is -1.06. The average molecular weight is 254 g/mol. The van der Waals surface area contributed by atoms with Gasteiger partial charge < -0.3 is 10.0 Å². The van der Waals surface area contributed by atoms with Crippen LogP contribution in [0.25, 0.3) is 0 Å². The van der Waals surface area contributed by atoms with Gasteiger partial charge in [-0.15, -0.1) is 0 Å². The van der Waals surface area contributed by atoms with Crippen molar-refractivity contribution >= 4 is 17.5 Å². The van der Waals surface area contributed by atoms with Crippen molar-refractivity contribution in [3.05, 3.63) is 34.9 Å². The summed E-state index contributed by atoms with van der Waals surface area (Å²) in [5.74, 6) is -0.0135. The van der Waals surface area contributed by atoms with E-state index in [9.17, 15) is 9.90 Å². The molecule has 0 aromatic heterocycles. The Morgan fingerprint density at radius 2 is 2.06 bits per heavy atom. The lowest BCUT2D eigenvalue weighted by molar-refractivity contribution is 0.0503. The van der Waals surface area contributed by atoms with E-state index in [0.29, 0.717) is 10.6 Å². The fourth-order valence-electron chi connectivity index (χ4n) is 2.22. The predicted octanol–water partition coefficient (Wildman–Crippen LogP) is 2.33. The quantitative estimate of drug-likeness (QED) is 0.879. The van der Waals surface area contributed by atoms with Crippen LogP contribution in [-0.4, -0.2) is 35.1 Å². The van der Waals surface area contributed by atoms with Crippen molar-refractivity contribution in [3.63, 3.8) is 0 Å². The van der Waals surface area contributed by atoms with E-state index in [-0.39, 0.29) is 18.6 Å². The number of carbonyl (C=O) groups is 1. The van der Waals surface area contributed by atoms with Crippen molar-refractivity contribution in [2.24, 2.45) is 0 Å². The van der Waals surface area contributed by atoms with Gasteiger partial charge in [-0.25, -0.2) is 0 Å². The van der Waals surface area contributed by atoms with Gasteiger partial charge in [0, 0.05) is 17.1 Å². The van der Waals surface area contributed by atoms with E-state index < -0.39 is 0 Å². The lowest BCUT2D eigenvalue weighted by Gasteiger charge is -2.34. The second-order valence-electron chi connectivity index (χ2n) is 4.34. The van der Waals surface area contributed by atoms with E-state index in [0.717, 1.165) is 25.8 Å². The van der Waals surface area contributed by atoms with Crippen LogP contribution in [0.1, 0.15) is 29.6 Å². The second kappa shape index (κ2) is 5.52. The first-order valence-corrected chi connectivity index (χ1v) is 6.27. The first-order valence-electron chi connectivity index (χ1n) is 5.90. The lowest BCUT2D eigenvalue weighted by Crippen LogP contribution is -2.45. The Bertz CT molecular complexity index is 391. The van der Waals surface area contributed by atoms with Crippen LogP contribution >= 0.6 is 11.6 Å². The number of amides is 1. The highest BCUT2D eigenvalue weighted by atomic mass is 35.5. The molecule has 0 spiro atoms. The molecule has 1 fully saturated rings. The number of halogens is 1. The van der Waals surface area contributed by atoms with Crippen molar-refractivity contribution < 1.29 is 9.90 Å². The van der Waals surface area contributed by atoms with E-state index in [2.05, 4.69) is 0 Å². The summed E-state index contributed by atoms with van der Waals surface area (Å²) in [6.07, 6.45) is 2.97. The average Bonchev–Trinajstić information content (AvgIpc) is 2.39. The zero-order valence-electron chi connectivity index (χ0n) is 9.60. The van der Waals surface area contributed by atoms with Gasteiger partial charge in [0.2, 0.25) is 0 Å². The van der Waals surface area contributed by atoms with Gasteiger partial charge >= 0.3 is 0 Å². The largest absolute Gasteiger partial charge is 0.394 e. The minimum atomic E-state index is -0.0353. The number of hydrogen-bond donors (Lipinski definition) is 1. The van der Waals surface area contributed by atoms with Crippen LogP contribution in [0.3, 0.4) is 0 Å². The molecule has 0 bridgehead atoms. The number of hydrogen-bond acceptors (Lipinski definition) is 2. The van der Waals surface area contributed by atoms with Gasteiger partial charge in [-0.05, 0) is 43.5 Å². The van der Waals surface area contributed by atoms with Crippen molar-refractivity contribution in [1.82, 2.24) is 4.90 Å². The number of aliphatic hydroxyl groups excluding tert-OH is 1. The van der Waals surface area contributed by atoms with E-state index >= 15 is 0 Å². The molecule has 1 aliphatic rings. The highest BCUT2D eigenvalue weighted by Crippen LogP contribution is 2.20. The van der Waals surface area contributed by atoms with Crippen molar-refractivity contribution in [2.75, 3.05) is 13.2 Å². The zero-order chi connectivity index (χ0) is 12.3. The standard InChI is InChI=1S/C13H16ClNO2/c14-11-6-4-10(5-7-11)13(17)15-8-2-1-3-12(15)9-16/h4-7,12,16H,1-3,8-9H2/t12-/m1/s1. The summed E-state index contributed by atoms with van der Waals surface area (Å²) in [5.41, 5.74) is 0.634. The van der Waals surface area contributed by atoms with E-state index in [4.69, 9.17) is 11.6 Å². The van der Waals surface area contributed by atoms with Gasteiger partial charge in [0.15, 0.2) is 0 Å². The molecule has 92 valence electrons. The van der Waals surface area contributed by atoms with Crippen molar-refractivity contribution in [2.45, 2.75) is 25.3 Å². The van der Waals surface area contributed by atoms with Gasteiger partial charge in [0.05, 0.1) is 12.6 Å². The summed E-state index contributed by atoms with van der Waals surface area (Å²) in [4.78, 5) is 14.0. The molecule has 0 radical (unpaired) electrons. The molecule has 1 amide bonds. The monoisotopic (exact) mass is 253 g/mol. The summed E-state index contributed by atoms with van der Waals surface area (Å²) < 4.78 is 0. The number of benzene rings is 1. The van der Waals surface area contributed by atoms with Crippen LogP contribution in [-0.2, 0) is 0 Å². The predicted molar refractivity (Wildman–Crippen MR) is 67.2 cm³/mol. The summed E-state index contributed by atoms with van der Waals surface area (Å²) in [6.45, 7) is 0.770. The first kappa shape index (κ1) is 12.4. The Balaban J connectivity index is 2.15. The zero-order valence-corrected chi connectivity index (χ0v) is 10.4. The third-order valence-electron chi connectivity index (χ3n) is 3.19. The maximum absolute atomic E-state index is 12.3. The van der Waals surface area contributed by atoms with E-state index in [1.807, 2.05) is 0 Å². The van der Waals surface area contributed by atoms with Crippen LogP contribution in [0.15, 0.2) is 24.3 Å². The van der Waals surface area contributed by atoms with Crippen LogP contribution in [0.4, 0.5) is 0 Å². The molecule has 4 heteroatoms. The molecule has 17 heavy (non-hydrogen) atoms.